The Morgan fingerprint density at radius 2 is 1.50 bits per heavy atom. The quantitative estimate of drug-likeness (QED) is 0.248. The summed E-state index contributed by atoms with van der Waals surface area (Å²) < 4.78 is 8.25. The van der Waals surface area contributed by atoms with E-state index in [9.17, 15) is 0 Å². The second-order valence-electron chi connectivity index (χ2n) is 0.978. The summed E-state index contributed by atoms with van der Waals surface area (Å²) in [7, 11) is 0. The van der Waals surface area contributed by atoms with Gasteiger partial charge in [-0.3, -0.25) is 0 Å². The first kappa shape index (κ1) is 11.2. The normalized spacial score (nSPS) is 9.38. The molecule has 0 aliphatic heterocycles. The molecule has 6 heteroatoms. The predicted octanol–water partition coefficient (Wildman–Crippen LogP) is -2.55. The van der Waals surface area contributed by atoms with Gasteiger partial charge in [0.2, 0.25) is 0 Å². The van der Waals surface area contributed by atoms with E-state index in [2.05, 4.69) is 5.73 Å². The molecule has 0 aromatic carbocycles. The standard InChI is InChI=1S/C2H7NO3.O.Ti/c3-1-2(4,5)6;;/h4-6H,1,3H2;;. The molecule has 0 atom stereocenters. The van der Waals surface area contributed by atoms with Gasteiger partial charge in [0.25, 0.3) is 5.97 Å². The zero-order valence-electron chi connectivity index (χ0n) is 4.03. The van der Waals surface area contributed by atoms with Crippen LogP contribution in [0.2, 0.25) is 0 Å². The van der Waals surface area contributed by atoms with Gasteiger partial charge in [-0.2, -0.15) is 0 Å². The summed E-state index contributed by atoms with van der Waals surface area (Å²) in [5, 5.41) is 23.4. The van der Waals surface area contributed by atoms with Crippen molar-refractivity contribution in [1.29, 1.82) is 0 Å². The molecule has 0 aliphatic carbocycles. The number of hydrogen-bond acceptors (Lipinski definition) is 5. The van der Waals surface area contributed by atoms with Crippen LogP contribution in [0.1, 0.15) is 0 Å². The Morgan fingerprint density at radius 1 is 1.38 bits per heavy atom. The van der Waals surface area contributed by atoms with E-state index in [1.807, 2.05) is 0 Å². The van der Waals surface area contributed by atoms with E-state index in [0.717, 1.165) is 20.4 Å². The van der Waals surface area contributed by atoms with Crippen LogP contribution in [0.5, 0.6) is 0 Å². The summed E-state index contributed by atoms with van der Waals surface area (Å²) in [5.74, 6) is -2.68. The zero-order valence-corrected chi connectivity index (χ0v) is 5.60. The molecule has 0 aromatic heterocycles. The summed E-state index contributed by atoms with van der Waals surface area (Å²) in [6.07, 6.45) is 0. The van der Waals surface area contributed by atoms with Gasteiger partial charge < -0.3 is 21.1 Å². The van der Waals surface area contributed by atoms with Gasteiger partial charge >= 0.3 is 23.7 Å². The molecule has 0 aliphatic rings. The van der Waals surface area contributed by atoms with Crippen molar-refractivity contribution in [2.24, 2.45) is 5.73 Å². The Balaban J connectivity index is 0. The van der Waals surface area contributed by atoms with E-state index in [1.54, 1.807) is 0 Å². The van der Waals surface area contributed by atoms with Crippen LogP contribution in [0, 0.1) is 0 Å². The third-order valence-electron chi connectivity index (χ3n) is 0.274. The fraction of sp³-hybridized carbons (Fsp3) is 1.00. The minimum absolute atomic E-state index is 0.562. The van der Waals surface area contributed by atoms with Crippen molar-refractivity contribution in [3.8, 4) is 0 Å². The van der Waals surface area contributed by atoms with Gasteiger partial charge in [0.05, 0.1) is 6.54 Å². The number of hydrogen-bond donors (Lipinski definition) is 4. The average Bonchev–Trinajstić information content (AvgIpc) is 1.71. The SMILES string of the molecule is NCC(O)(O)O.[O]=[Ti]. The topological polar surface area (TPSA) is 104 Å². The Labute approximate surface area is 57.8 Å². The number of aliphatic hydroxyl groups is 3. The number of rotatable bonds is 1. The minimum atomic E-state index is -2.68. The van der Waals surface area contributed by atoms with Crippen LogP contribution in [0.25, 0.3) is 0 Å². The summed E-state index contributed by atoms with van der Waals surface area (Å²) in [6.45, 7) is -0.562. The Kier molecular flexibility index (Phi) is 7.68. The van der Waals surface area contributed by atoms with E-state index in [1.165, 1.54) is 0 Å². The maximum absolute atomic E-state index is 8.25. The molecule has 0 heterocycles. The molecule has 0 saturated heterocycles. The second-order valence-corrected chi connectivity index (χ2v) is 0.978. The van der Waals surface area contributed by atoms with Crippen molar-refractivity contribution in [1.82, 2.24) is 0 Å². The van der Waals surface area contributed by atoms with Crippen molar-refractivity contribution >= 4 is 0 Å². The van der Waals surface area contributed by atoms with Gasteiger partial charge in [-0.1, -0.05) is 0 Å². The number of nitrogens with two attached hydrogens (primary N) is 1. The predicted molar refractivity (Wildman–Crippen MR) is 19.1 cm³/mol. The summed E-state index contributed by atoms with van der Waals surface area (Å²) in [5.41, 5.74) is 4.56. The Morgan fingerprint density at radius 3 is 1.50 bits per heavy atom. The monoisotopic (exact) mass is 157 g/mol. The molecule has 0 saturated carbocycles. The first-order valence-corrected chi connectivity index (χ1v) is 2.27. The van der Waals surface area contributed by atoms with Gasteiger partial charge in [-0.15, -0.1) is 0 Å². The fourth-order valence-corrected chi connectivity index (χ4v) is 0. The van der Waals surface area contributed by atoms with E-state index < -0.39 is 12.5 Å². The maximum atomic E-state index is 8.25. The first-order valence-electron chi connectivity index (χ1n) is 1.64. The molecule has 0 fully saturated rings. The molecule has 5 N–H and O–H groups in total. The zero-order chi connectivity index (χ0) is 7.21. The van der Waals surface area contributed by atoms with E-state index in [-0.39, 0.29) is 0 Å². The molecule has 48 valence electrons. The molecular formula is C2H7NO4Ti. The van der Waals surface area contributed by atoms with Crippen LogP contribution in [-0.4, -0.2) is 27.8 Å². The van der Waals surface area contributed by atoms with Crippen LogP contribution in [0.4, 0.5) is 0 Å². The van der Waals surface area contributed by atoms with Gasteiger partial charge in [-0.25, -0.2) is 0 Å². The van der Waals surface area contributed by atoms with Crippen molar-refractivity contribution < 1.29 is 39.0 Å². The van der Waals surface area contributed by atoms with Crippen molar-refractivity contribution in [3.05, 3.63) is 0 Å². The molecule has 0 spiro atoms. The van der Waals surface area contributed by atoms with Crippen molar-refractivity contribution in [2.45, 2.75) is 5.97 Å². The fourth-order valence-electron chi connectivity index (χ4n) is 0. The second kappa shape index (κ2) is 5.49. The molecule has 0 unspecified atom stereocenters. The third kappa shape index (κ3) is 16.2. The van der Waals surface area contributed by atoms with Gasteiger partial charge in [0, 0.05) is 0 Å². The van der Waals surface area contributed by atoms with E-state index in [0.29, 0.717) is 0 Å². The molecule has 0 amide bonds. The molecule has 0 aromatic rings. The Hall–Kier alpha value is 0.354. The van der Waals surface area contributed by atoms with Crippen LogP contribution in [-0.2, 0) is 23.7 Å². The molecule has 0 bridgehead atoms. The average molecular weight is 157 g/mol. The van der Waals surface area contributed by atoms with Crippen molar-refractivity contribution in [2.75, 3.05) is 6.54 Å². The summed E-state index contributed by atoms with van der Waals surface area (Å²) in [6, 6.07) is 0. The van der Waals surface area contributed by atoms with Gasteiger partial charge in [-0.05, 0) is 0 Å². The molecule has 0 radical (unpaired) electrons. The summed E-state index contributed by atoms with van der Waals surface area (Å²) in [4.78, 5) is 0. The first-order chi connectivity index (χ1) is 3.56. The molecule has 0 rings (SSSR count). The van der Waals surface area contributed by atoms with Crippen LogP contribution in [0.15, 0.2) is 0 Å². The molecular weight excluding hydrogens is 150 g/mol. The Bertz CT molecular complexity index is 52.5. The van der Waals surface area contributed by atoms with Crippen LogP contribution in [0.3, 0.4) is 0 Å². The molecule has 5 nitrogen and oxygen atoms in total. The van der Waals surface area contributed by atoms with Crippen molar-refractivity contribution in [3.63, 3.8) is 0 Å². The summed E-state index contributed by atoms with van der Waals surface area (Å²) >= 11 is 0.750. The molecule has 8 heavy (non-hydrogen) atoms. The van der Waals surface area contributed by atoms with E-state index in [4.69, 9.17) is 18.6 Å². The van der Waals surface area contributed by atoms with Gasteiger partial charge in [0.15, 0.2) is 0 Å². The van der Waals surface area contributed by atoms with Gasteiger partial charge in [0.1, 0.15) is 0 Å². The third-order valence-corrected chi connectivity index (χ3v) is 0.274. The van der Waals surface area contributed by atoms with E-state index >= 15 is 0 Å². The van der Waals surface area contributed by atoms with Crippen LogP contribution >= 0.6 is 0 Å². The van der Waals surface area contributed by atoms with Crippen LogP contribution < -0.4 is 5.73 Å².